The van der Waals surface area contributed by atoms with Crippen LogP contribution < -0.4 is 21.3 Å². The van der Waals surface area contributed by atoms with Crippen LogP contribution in [0.1, 0.15) is 84.0 Å². The Kier molecular flexibility index (Phi) is 9.52. The molecule has 33 heavy (non-hydrogen) atoms. The monoisotopic (exact) mass is 463 g/mol. The smallest absolute Gasteiger partial charge is 0.318 e. The van der Waals surface area contributed by atoms with Crippen LogP contribution in [-0.4, -0.2) is 72.3 Å². The normalized spacial score (nSPS) is 22.2. The first kappa shape index (κ1) is 25.5. The van der Waals surface area contributed by atoms with Crippen molar-refractivity contribution in [2.45, 2.75) is 102 Å². The van der Waals surface area contributed by atoms with Gasteiger partial charge >= 0.3 is 6.03 Å². The molecule has 1 saturated heterocycles. The summed E-state index contributed by atoms with van der Waals surface area (Å²) in [6.07, 6.45) is 9.60. The molecule has 3 rings (SSSR count). The number of hydrogen-bond donors (Lipinski definition) is 4. The summed E-state index contributed by atoms with van der Waals surface area (Å²) in [5.41, 5.74) is -1.04. The minimum atomic E-state index is -1.04. The lowest BCUT2D eigenvalue weighted by Crippen LogP contribution is -2.64. The molecule has 2 saturated carbocycles. The number of amides is 4. The van der Waals surface area contributed by atoms with E-state index >= 15 is 0 Å². The number of carbonyl (C=O) groups is 4. The second kappa shape index (κ2) is 12.3. The summed E-state index contributed by atoms with van der Waals surface area (Å²) in [5, 5.41) is 12.0. The maximum Gasteiger partial charge on any atom is 0.318 e. The van der Waals surface area contributed by atoms with Gasteiger partial charge in [0.2, 0.25) is 11.7 Å². The van der Waals surface area contributed by atoms with Crippen LogP contribution in [0.2, 0.25) is 0 Å². The van der Waals surface area contributed by atoms with Crippen LogP contribution in [0.4, 0.5) is 4.79 Å². The zero-order valence-electron chi connectivity index (χ0n) is 20.0. The first-order valence-corrected chi connectivity index (χ1v) is 12.9. The molecule has 0 unspecified atom stereocenters. The van der Waals surface area contributed by atoms with Gasteiger partial charge in [-0.05, 0) is 45.1 Å². The molecular weight excluding hydrogens is 422 g/mol. The Labute approximate surface area is 197 Å². The van der Waals surface area contributed by atoms with Crippen molar-refractivity contribution in [1.29, 1.82) is 0 Å². The number of hydrogen-bond acceptors (Lipinski definition) is 5. The van der Waals surface area contributed by atoms with Crippen LogP contribution >= 0.6 is 0 Å². The fourth-order valence-corrected chi connectivity index (χ4v) is 5.24. The van der Waals surface area contributed by atoms with Crippen molar-refractivity contribution in [3.05, 3.63) is 0 Å². The maximum absolute atomic E-state index is 13.5. The number of ketones is 1. The lowest BCUT2D eigenvalue weighted by Gasteiger charge is -2.39. The topological polar surface area (TPSA) is 120 Å². The molecule has 0 spiro atoms. The Bertz CT molecular complexity index is 693. The van der Waals surface area contributed by atoms with Crippen LogP contribution in [0.5, 0.6) is 0 Å². The molecule has 3 aliphatic rings. The van der Waals surface area contributed by atoms with Gasteiger partial charge < -0.3 is 26.2 Å². The predicted molar refractivity (Wildman–Crippen MR) is 126 cm³/mol. The summed E-state index contributed by atoms with van der Waals surface area (Å²) in [6, 6.07) is -1.05. The molecule has 186 valence electrons. The summed E-state index contributed by atoms with van der Waals surface area (Å²) in [4.78, 5) is 53.8. The molecule has 0 bridgehead atoms. The molecule has 1 heterocycles. The molecule has 4 N–H and O–H groups in total. The zero-order valence-corrected chi connectivity index (χ0v) is 20.0. The molecule has 4 amide bonds. The second-order valence-electron chi connectivity index (χ2n) is 9.80. The molecule has 9 heteroatoms. The van der Waals surface area contributed by atoms with E-state index in [0.717, 1.165) is 64.5 Å². The van der Waals surface area contributed by atoms with Gasteiger partial charge in [0, 0.05) is 25.7 Å². The van der Waals surface area contributed by atoms with E-state index in [2.05, 4.69) is 21.3 Å². The van der Waals surface area contributed by atoms with Gasteiger partial charge in [0.25, 0.3) is 5.91 Å². The van der Waals surface area contributed by atoms with Crippen LogP contribution in [0, 0.1) is 0 Å². The highest BCUT2D eigenvalue weighted by Crippen LogP contribution is 2.29. The Morgan fingerprint density at radius 2 is 1.70 bits per heavy atom. The van der Waals surface area contributed by atoms with Crippen molar-refractivity contribution in [2.24, 2.45) is 0 Å². The fraction of sp³-hybridized carbons (Fsp3) is 0.833. The van der Waals surface area contributed by atoms with Gasteiger partial charge in [0.1, 0.15) is 5.54 Å². The first-order valence-electron chi connectivity index (χ1n) is 12.9. The van der Waals surface area contributed by atoms with E-state index in [1.807, 2.05) is 6.92 Å². The molecule has 1 aliphatic heterocycles. The van der Waals surface area contributed by atoms with Crippen LogP contribution in [-0.2, 0) is 14.4 Å². The minimum absolute atomic E-state index is 0.0477. The third-order valence-corrected chi connectivity index (χ3v) is 7.23. The number of urea groups is 1. The average Bonchev–Trinajstić information content (AvgIpc) is 3.17. The van der Waals surface area contributed by atoms with Gasteiger partial charge in [-0.15, -0.1) is 0 Å². The number of carbonyl (C=O) groups excluding carboxylic acids is 4. The fourth-order valence-electron chi connectivity index (χ4n) is 5.24. The molecule has 1 atom stereocenters. The van der Waals surface area contributed by atoms with Crippen LogP contribution in [0.15, 0.2) is 0 Å². The Morgan fingerprint density at radius 1 is 0.970 bits per heavy atom. The van der Waals surface area contributed by atoms with Crippen molar-refractivity contribution in [3.8, 4) is 0 Å². The predicted octanol–water partition coefficient (Wildman–Crippen LogP) is 1.61. The van der Waals surface area contributed by atoms with Crippen LogP contribution in [0.25, 0.3) is 0 Å². The molecule has 0 aromatic carbocycles. The van der Waals surface area contributed by atoms with E-state index in [-0.39, 0.29) is 18.0 Å². The Hall–Kier alpha value is -2.16. The van der Waals surface area contributed by atoms with Crippen molar-refractivity contribution < 1.29 is 19.2 Å². The quantitative estimate of drug-likeness (QED) is 0.408. The van der Waals surface area contributed by atoms with E-state index in [0.29, 0.717) is 38.8 Å². The van der Waals surface area contributed by atoms with E-state index in [9.17, 15) is 19.2 Å². The summed E-state index contributed by atoms with van der Waals surface area (Å²) >= 11 is 0. The number of Topliss-reactive ketones (excluding diaryl/α,β-unsaturated/α-hetero) is 1. The molecule has 0 aromatic rings. The summed E-state index contributed by atoms with van der Waals surface area (Å²) in [6.45, 7) is 4.78. The van der Waals surface area contributed by atoms with E-state index in [4.69, 9.17) is 0 Å². The van der Waals surface area contributed by atoms with Crippen molar-refractivity contribution in [2.75, 3.05) is 26.2 Å². The van der Waals surface area contributed by atoms with Gasteiger partial charge in [0.05, 0.1) is 6.04 Å². The summed E-state index contributed by atoms with van der Waals surface area (Å²) < 4.78 is 0. The lowest BCUT2D eigenvalue weighted by molar-refractivity contribution is -0.141. The van der Waals surface area contributed by atoms with E-state index in [1.165, 1.54) is 0 Å². The SMILES string of the molecule is CCC[C@H](NC(=O)C1(NC(=O)N2CCCNCC2)CCCCC1)C(=O)C(=O)NC1CCCC1. The molecule has 0 aromatic heterocycles. The Morgan fingerprint density at radius 3 is 2.39 bits per heavy atom. The average molecular weight is 464 g/mol. The highest BCUT2D eigenvalue weighted by molar-refractivity contribution is 6.38. The molecule has 0 radical (unpaired) electrons. The minimum Gasteiger partial charge on any atom is -0.347 e. The third kappa shape index (κ3) is 6.91. The second-order valence-corrected chi connectivity index (χ2v) is 9.80. The number of rotatable bonds is 8. The van der Waals surface area contributed by atoms with Crippen molar-refractivity contribution >= 4 is 23.6 Å². The highest BCUT2D eigenvalue weighted by atomic mass is 16.2. The van der Waals surface area contributed by atoms with Crippen molar-refractivity contribution in [1.82, 2.24) is 26.2 Å². The molecule has 9 nitrogen and oxygen atoms in total. The highest BCUT2D eigenvalue weighted by Gasteiger charge is 2.43. The Balaban J connectivity index is 1.67. The van der Waals surface area contributed by atoms with Gasteiger partial charge in [-0.3, -0.25) is 14.4 Å². The number of nitrogens with one attached hydrogen (secondary N) is 4. The number of nitrogens with zero attached hydrogens (tertiary/aromatic N) is 1. The summed E-state index contributed by atoms with van der Waals surface area (Å²) in [7, 11) is 0. The van der Waals surface area contributed by atoms with E-state index in [1.54, 1.807) is 4.90 Å². The van der Waals surface area contributed by atoms with Crippen molar-refractivity contribution in [3.63, 3.8) is 0 Å². The van der Waals surface area contributed by atoms with Gasteiger partial charge in [0.15, 0.2) is 0 Å². The van der Waals surface area contributed by atoms with Gasteiger partial charge in [-0.2, -0.15) is 0 Å². The molecular formula is C24H41N5O4. The maximum atomic E-state index is 13.5. The first-order chi connectivity index (χ1) is 15.9. The zero-order chi connectivity index (χ0) is 23.7. The third-order valence-electron chi connectivity index (χ3n) is 7.23. The van der Waals surface area contributed by atoms with E-state index < -0.39 is 23.3 Å². The van der Waals surface area contributed by atoms with Gasteiger partial charge in [-0.25, -0.2) is 4.79 Å². The standard InChI is InChI=1S/C24H41N5O4/c1-2-9-19(20(30)21(31)26-18-10-4-5-11-18)27-22(32)24(12-6-3-7-13-24)28-23(33)29-16-8-14-25-15-17-29/h18-19,25H,2-17H2,1H3,(H,26,31)(H,27,32)(H,28,33)/t19-/m0/s1. The lowest BCUT2D eigenvalue weighted by atomic mass is 9.80. The molecule has 2 aliphatic carbocycles. The molecule has 3 fully saturated rings. The van der Waals surface area contributed by atoms with Gasteiger partial charge in [-0.1, -0.05) is 45.4 Å². The summed E-state index contributed by atoms with van der Waals surface area (Å²) in [5.74, 6) is -1.55. The van der Waals surface area contributed by atoms with Crippen LogP contribution in [0.3, 0.4) is 0 Å². The largest absolute Gasteiger partial charge is 0.347 e.